The van der Waals surface area contributed by atoms with Crippen LogP contribution in [0.1, 0.15) is 0 Å². The molecule has 0 aromatic carbocycles. The number of carbonyl (C=O) groups excluding carboxylic acids is 1. The number of fused-ring (bicyclic) bond motifs is 1. The molecule has 0 radical (unpaired) electrons. The van der Waals surface area contributed by atoms with Gasteiger partial charge in [0.2, 0.25) is 0 Å². The quantitative estimate of drug-likeness (QED) is 0.658. The van der Waals surface area contributed by atoms with Gasteiger partial charge in [-0.2, -0.15) is 0 Å². The van der Waals surface area contributed by atoms with E-state index in [1.165, 1.54) is 12.7 Å². The molecule has 0 aliphatic carbocycles. The first-order valence-corrected chi connectivity index (χ1v) is 8.26. The number of anilines is 1. The van der Waals surface area contributed by atoms with Gasteiger partial charge in [0, 0.05) is 0 Å². The maximum atomic E-state index is 11.9. The van der Waals surface area contributed by atoms with E-state index >= 15 is 0 Å². The molecule has 9 nitrogen and oxygen atoms in total. The molecule has 0 saturated carbocycles. The van der Waals surface area contributed by atoms with Crippen molar-refractivity contribution in [3.05, 3.63) is 12.7 Å². The molecule has 2 atom stereocenters. The summed E-state index contributed by atoms with van der Waals surface area (Å²) in [6, 6.07) is -1.21. The smallest absolute Gasteiger partial charge is 0.320 e. The van der Waals surface area contributed by atoms with Gasteiger partial charge in [0.25, 0.3) is 0 Å². The highest BCUT2D eigenvalue weighted by Crippen LogP contribution is 2.18. The summed E-state index contributed by atoms with van der Waals surface area (Å²) in [4.78, 5) is 26.5. The van der Waals surface area contributed by atoms with Crippen LogP contribution in [-0.4, -0.2) is 57.3 Å². The van der Waals surface area contributed by atoms with Crippen LogP contribution in [0.25, 0.3) is 11.2 Å². The highest BCUT2D eigenvalue weighted by molar-refractivity contribution is 7.91. The van der Waals surface area contributed by atoms with Crippen LogP contribution in [0, 0.1) is 0 Å². The third-order valence-corrected chi connectivity index (χ3v) is 5.43. The number of sulfone groups is 1. The molecule has 0 unspecified atom stereocenters. The van der Waals surface area contributed by atoms with Gasteiger partial charge in [0.05, 0.1) is 29.3 Å². The Morgan fingerprint density at radius 2 is 2.14 bits per heavy atom. The van der Waals surface area contributed by atoms with E-state index in [1.807, 2.05) is 0 Å². The van der Waals surface area contributed by atoms with Crippen LogP contribution in [0.15, 0.2) is 12.7 Å². The summed E-state index contributed by atoms with van der Waals surface area (Å²) in [5, 5.41) is 4.41. The van der Waals surface area contributed by atoms with Gasteiger partial charge in [-0.1, -0.05) is 0 Å². The molecule has 0 bridgehead atoms. The molecule has 2 amide bonds. The predicted molar refractivity (Wildman–Crippen MR) is 75.9 cm³/mol. The first-order chi connectivity index (χ1) is 9.94. The SMILES string of the molecule is O=C(Nc1ncnc2nc[nH]c12)N[C@H]1CS(=O)(=O)C[C@@H]1Cl. The Morgan fingerprint density at radius 3 is 2.86 bits per heavy atom. The lowest BCUT2D eigenvalue weighted by molar-refractivity contribution is 0.249. The largest absolute Gasteiger partial charge is 0.340 e. The molecule has 1 aliphatic heterocycles. The van der Waals surface area contributed by atoms with E-state index in [0.717, 1.165) is 0 Å². The molecule has 1 aliphatic rings. The number of carbonyl (C=O) groups is 1. The van der Waals surface area contributed by atoms with Crippen LogP contribution >= 0.6 is 11.6 Å². The Balaban J connectivity index is 1.71. The molecule has 112 valence electrons. The molecule has 3 rings (SSSR count). The molecule has 3 N–H and O–H groups in total. The standard InChI is InChI=1S/C10H11ClN6O3S/c11-5-1-21(19,20)2-6(5)16-10(18)17-9-7-8(13-3-12-7)14-4-15-9/h3-6H,1-2H2,(H3,12,13,14,15,16,17,18)/t5-,6-/m0/s1. The topological polar surface area (TPSA) is 130 Å². The first kappa shape index (κ1) is 14.0. The van der Waals surface area contributed by atoms with Crippen molar-refractivity contribution >= 4 is 44.5 Å². The second-order valence-electron chi connectivity index (χ2n) is 4.62. The Morgan fingerprint density at radius 1 is 1.33 bits per heavy atom. The number of hydrogen-bond acceptors (Lipinski definition) is 6. The van der Waals surface area contributed by atoms with Crippen molar-refractivity contribution in [2.24, 2.45) is 0 Å². The molecule has 2 aromatic heterocycles. The predicted octanol–water partition coefficient (Wildman–Crippen LogP) is -0.121. The lowest BCUT2D eigenvalue weighted by Gasteiger charge is -2.14. The van der Waals surface area contributed by atoms with E-state index in [4.69, 9.17) is 11.6 Å². The summed E-state index contributed by atoms with van der Waals surface area (Å²) in [5.74, 6) is -0.0581. The fraction of sp³-hybridized carbons (Fsp3) is 0.400. The van der Waals surface area contributed by atoms with Crippen LogP contribution in [0.2, 0.25) is 0 Å². The lowest BCUT2D eigenvalue weighted by Crippen LogP contribution is -2.43. The number of nitrogens with one attached hydrogen (secondary N) is 3. The zero-order valence-electron chi connectivity index (χ0n) is 10.6. The number of H-pyrrole nitrogens is 1. The Kier molecular flexibility index (Phi) is 3.41. The normalized spacial score (nSPS) is 24.0. The number of hydrogen-bond donors (Lipinski definition) is 3. The van der Waals surface area contributed by atoms with Crippen LogP contribution in [0.5, 0.6) is 0 Å². The summed E-state index contributed by atoms with van der Waals surface area (Å²) >= 11 is 5.92. The van der Waals surface area contributed by atoms with Crippen LogP contribution < -0.4 is 10.6 Å². The first-order valence-electron chi connectivity index (χ1n) is 6.01. The van der Waals surface area contributed by atoms with Crippen molar-refractivity contribution in [3.8, 4) is 0 Å². The van der Waals surface area contributed by atoms with Crippen molar-refractivity contribution < 1.29 is 13.2 Å². The van der Waals surface area contributed by atoms with Gasteiger partial charge in [0.1, 0.15) is 11.8 Å². The molecule has 11 heteroatoms. The Labute approximate surface area is 124 Å². The van der Waals surface area contributed by atoms with Crippen molar-refractivity contribution in [2.75, 3.05) is 16.8 Å². The minimum atomic E-state index is -3.21. The Bertz CT molecular complexity index is 791. The number of halogens is 1. The van der Waals surface area contributed by atoms with E-state index in [2.05, 4.69) is 30.6 Å². The fourth-order valence-corrected chi connectivity index (χ4v) is 4.66. The van der Waals surface area contributed by atoms with Gasteiger partial charge in [-0.15, -0.1) is 11.6 Å². The van der Waals surface area contributed by atoms with Crippen LogP contribution in [0.3, 0.4) is 0 Å². The average molecular weight is 331 g/mol. The minimum absolute atomic E-state index is 0.141. The van der Waals surface area contributed by atoms with E-state index in [9.17, 15) is 13.2 Å². The van der Waals surface area contributed by atoms with E-state index in [1.54, 1.807) is 0 Å². The maximum absolute atomic E-state index is 11.9. The van der Waals surface area contributed by atoms with Crippen LogP contribution in [0.4, 0.5) is 10.6 Å². The van der Waals surface area contributed by atoms with Crippen molar-refractivity contribution in [3.63, 3.8) is 0 Å². The Hall–Kier alpha value is -1.94. The number of nitrogens with zero attached hydrogens (tertiary/aromatic N) is 3. The van der Waals surface area contributed by atoms with E-state index in [0.29, 0.717) is 11.2 Å². The number of urea groups is 1. The van der Waals surface area contributed by atoms with E-state index in [-0.39, 0.29) is 17.3 Å². The summed E-state index contributed by atoms with van der Waals surface area (Å²) in [5.41, 5.74) is 0.896. The monoisotopic (exact) mass is 330 g/mol. The molecule has 0 spiro atoms. The molecule has 21 heavy (non-hydrogen) atoms. The van der Waals surface area contributed by atoms with Gasteiger partial charge in [-0.05, 0) is 0 Å². The number of alkyl halides is 1. The molecule has 1 fully saturated rings. The van der Waals surface area contributed by atoms with Crippen LogP contribution in [-0.2, 0) is 9.84 Å². The van der Waals surface area contributed by atoms with Gasteiger partial charge < -0.3 is 10.3 Å². The number of amides is 2. The lowest BCUT2D eigenvalue weighted by atomic mass is 10.2. The second kappa shape index (κ2) is 5.11. The number of imidazole rings is 1. The summed E-state index contributed by atoms with van der Waals surface area (Å²) in [6.45, 7) is 0. The molecule has 3 heterocycles. The van der Waals surface area contributed by atoms with Gasteiger partial charge in [-0.3, -0.25) is 5.32 Å². The third kappa shape index (κ3) is 2.90. The van der Waals surface area contributed by atoms with Gasteiger partial charge in [0.15, 0.2) is 21.3 Å². The molecule has 1 saturated heterocycles. The summed E-state index contributed by atoms with van der Waals surface area (Å²) in [6.07, 6.45) is 2.70. The number of rotatable bonds is 2. The van der Waals surface area contributed by atoms with Crippen molar-refractivity contribution in [2.45, 2.75) is 11.4 Å². The number of aromatic amines is 1. The third-order valence-electron chi connectivity index (χ3n) is 3.05. The van der Waals surface area contributed by atoms with E-state index < -0.39 is 27.3 Å². The minimum Gasteiger partial charge on any atom is -0.340 e. The molecule has 2 aromatic rings. The van der Waals surface area contributed by atoms with Crippen molar-refractivity contribution in [1.82, 2.24) is 25.3 Å². The zero-order chi connectivity index (χ0) is 15.0. The fourth-order valence-electron chi connectivity index (χ4n) is 2.11. The highest BCUT2D eigenvalue weighted by atomic mass is 35.5. The maximum Gasteiger partial charge on any atom is 0.320 e. The van der Waals surface area contributed by atoms with Gasteiger partial charge >= 0.3 is 6.03 Å². The van der Waals surface area contributed by atoms with Crippen molar-refractivity contribution in [1.29, 1.82) is 0 Å². The number of aromatic nitrogens is 4. The molecular formula is C10H11ClN6O3S. The molecular weight excluding hydrogens is 320 g/mol. The second-order valence-corrected chi connectivity index (χ2v) is 7.34. The van der Waals surface area contributed by atoms with Gasteiger partial charge in [-0.25, -0.2) is 28.2 Å². The highest BCUT2D eigenvalue weighted by Gasteiger charge is 2.37. The summed E-state index contributed by atoms with van der Waals surface area (Å²) < 4.78 is 22.9. The zero-order valence-corrected chi connectivity index (χ0v) is 12.1. The summed E-state index contributed by atoms with van der Waals surface area (Å²) in [7, 11) is -3.21. The average Bonchev–Trinajstić information content (AvgIpc) is 2.94.